The highest BCUT2D eigenvalue weighted by atomic mass is 35.5. The third kappa shape index (κ3) is 5.30. The van der Waals surface area contributed by atoms with Crippen LogP contribution in [-0.4, -0.2) is 10.9 Å². The van der Waals surface area contributed by atoms with Crippen LogP contribution in [0.15, 0.2) is 24.3 Å². The molecule has 0 aliphatic heterocycles. The maximum absolute atomic E-state index is 8.62. The van der Waals surface area contributed by atoms with Crippen LogP contribution in [0.3, 0.4) is 0 Å². The molecule has 1 aromatic rings. The Morgan fingerprint density at radius 3 is 2.65 bits per heavy atom. The van der Waals surface area contributed by atoms with E-state index in [0.717, 1.165) is 24.2 Å². The van der Waals surface area contributed by atoms with Crippen LogP contribution in [0.4, 0.5) is 0 Å². The lowest BCUT2D eigenvalue weighted by molar-refractivity contribution is 0.303. The van der Waals surface area contributed by atoms with Crippen LogP contribution >= 0.6 is 23.2 Å². The van der Waals surface area contributed by atoms with Crippen molar-refractivity contribution in [1.82, 2.24) is 0 Å². The van der Waals surface area contributed by atoms with Crippen molar-refractivity contribution in [3.63, 3.8) is 0 Å². The lowest BCUT2D eigenvalue weighted by Crippen LogP contribution is -2.09. The Hall–Kier alpha value is -0.910. The summed E-state index contributed by atoms with van der Waals surface area (Å²) in [4.78, 5) is 0. The van der Waals surface area contributed by atoms with Crippen LogP contribution in [0.1, 0.15) is 24.8 Å². The van der Waals surface area contributed by atoms with Gasteiger partial charge in [-0.15, -0.1) is 0 Å². The SMILES string of the molecule is Cc1ccccc1OCCCCC(Cl)(Cl)C#N. The van der Waals surface area contributed by atoms with Gasteiger partial charge in [-0.2, -0.15) is 5.26 Å². The van der Waals surface area contributed by atoms with Gasteiger partial charge in [0.2, 0.25) is 4.33 Å². The van der Waals surface area contributed by atoms with Gasteiger partial charge in [0, 0.05) is 0 Å². The van der Waals surface area contributed by atoms with Gasteiger partial charge in [0.25, 0.3) is 0 Å². The minimum Gasteiger partial charge on any atom is -0.493 e. The molecule has 0 heterocycles. The lowest BCUT2D eigenvalue weighted by atomic mass is 10.2. The van der Waals surface area contributed by atoms with Gasteiger partial charge in [-0.1, -0.05) is 41.4 Å². The molecule has 4 heteroatoms. The van der Waals surface area contributed by atoms with Crippen molar-refractivity contribution in [2.45, 2.75) is 30.5 Å². The number of rotatable bonds is 6. The van der Waals surface area contributed by atoms with Crippen LogP contribution in [0.5, 0.6) is 5.75 Å². The fourth-order valence-corrected chi connectivity index (χ4v) is 1.67. The van der Waals surface area contributed by atoms with Crippen molar-refractivity contribution < 1.29 is 4.74 Å². The van der Waals surface area contributed by atoms with Crippen LogP contribution in [-0.2, 0) is 0 Å². The molecule has 0 amide bonds. The Labute approximate surface area is 112 Å². The molecule has 17 heavy (non-hydrogen) atoms. The summed E-state index contributed by atoms with van der Waals surface area (Å²) in [7, 11) is 0. The predicted molar refractivity (Wildman–Crippen MR) is 70.6 cm³/mol. The molecular formula is C13H15Cl2NO. The molecule has 0 fully saturated rings. The minimum atomic E-state index is -1.26. The smallest absolute Gasteiger partial charge is 0.203 e. The quantitative estimate of drug-likeness (QED) is 0.573. The summed E-state index contributed by atoms with van der Waals surface area (Å²) in [5, 5.41) is 8.62. The van der Waals surface area contributed by atoms with Gasteiger partial charge in [-0.05, 0) is 37.8 Å². The molecule has 0 saturated heterocycles. The Kier molecular flexibility index (Phi) is 5.61. The number of hydrogen-bond acceptors (Lipinski definition) is 2. The third-order valence-electron chi connectivity index (χ3n) is 2.40. The molecule has 0 spiro atoms. The molecule has 0 atom stereocenters. The van der Waals surface area contributed by atoms with Crippen molar-refractivity contribution in [3.05, 3.63) is 29.8 Å². The molecule has 0 radical (unpaired) electrons. The second-order valence-electron chi connectivity index (χ2n) is 3.89. The number of ether oxygens (including phenoxy) is 1. The van der Waals surface area contributed by atoms with Gasteiger partial charge < -0.3 is 4.74 Å². The molecule has 0 aliphatic rings. The van der Waals surface area contributed by atoms with E-state index in [9.17, 15) is 0 Å². The molecule has 0 unspecified atom stereocenters. The molecule has 0 N–H and O–H groups in total. The number of nitriles is 1. The molecule has 0 aromatic heterocycles. The number of aryl methyl sites for hydroxylation is 1. The van der Waals surface area contributed by atoms with Gasteiger partial charge in [0.15, 0.2) is 0 Å². The topological polar surface area (TPSA) is 33.0 Å². The largest absolute Gasteiger partial charge is 0.493 e. The maximum atomic E-state index is 8.62. The number of unbranched alkanes of at least 4 members (excludes halogenated alkanes) is 1. The highest BCUT2D eigenvalue weighted by Gasteiger charge is 2.21. The Morgan fingerprint density at radius 2 is 2.00 bits per heavy atom. The number of benzene rings is 1. The van der Waals surface area contributed by atoms with E-state index in [1.54, 1.807) is 0 Å². The van der Waals surface area contributed by atoms with Gasteiger partial charge >= 0.3 is 0 Å². The summed E-state index contributed by atoms with van der Waals surface area (Å²) >= 11 is 11.4. The molecule has 0 aliphatic carbocycles. The van der Waals surface area contributed by atoms with E-state index in [4.69, 9.17) is 33.2 Å². The van der Waals surface area contributed by atoms with Gasteiger partial charge in [-0.25, -0.2) is 0 Å². The van der Waals surface area contributed by atoms with Crippen LogP contribution in [0.25, 0.3) is 0 Å². The molecule has 92 valence electrons. The fraction of sp³-hybridized carbons (Fsp3) is 0.462. The summed E-state index contributed by atoms with van der Waals surface area (Å²) in [5.41, 5.74) is 1.12. The summed E-state index contributed by atoms with van der Waals surface area (Å²) in [5.74, 6) is 0.899. The van der Waals surface area contributed by atoms with Gasteiger partial charge in [0.1, 0.15) is 11.8 Å². The first-order valence-electron chi connectivity index (χ1n) is 5.53. The number of hydrogen-bond donors (Lipinski definition) is 0. The van der Waals surface area contributed by atoms with Crippen LogP contribution < -0.4 is 4.74 Å². The summed E-state index contributed by atoms with van der Waals surface area (Å²) < 4.78 is 4.35. The van der Waals surface area contributed by atoms with Crippen molar-refractivity contribution in [2.75, 3.05) is 6.61 Å². The first-order chi connectivity index (χ1) is 8.05. The summed E-state index contributed by atoms with van der Waals surface area (Å²) in [6, 6.07) is 9.72. The highest BCUT2D eigenvalue weighted by molar-refractivity contribution is 6.50. The average Bonchev–Trinajstić information content (AvgIpc) is 2.31. The fourth-order valence-electron chi connectivity index (χ4n) is 1.41. The van der Waals surface area contributed by atoms with E-state index in [1.165, 1.54) is 0 Å². The Balaban J connectivity index is 2.22. The van der Waals surface area contributed by atoms with E-state index in [1.807, 2.05) is 37.3 Å². The highest BCUT2D eigenvalue weighted by Crippen LogP contribution is 2.26. The van der Waals surface area contributed by atoms with E-state index in [2.05, 4.69) is 0 Å². The molecule has 1 rings (SSSR count). The zero-order chi connectivity index (χ0) is 12.7. The van der Waals surface area contributed by atoms with Crippen molar-refractivity contribution in [2.24, 2.45) is 0 Å². The Bertz CT molecular complexity index is 399. The first-order valence-corrected chi connectivity index (χ1v) is 6.28. The molecular weight excluding hydrogens is 257 g/mol. The monoisotopic (exact) mass is 271 g/mol. The molecule has 2 nitrogen and oxygen atoms in total. The second kappa shape index (κ2) is 6.74. The molecule has 1 aromatic carbocycles. The standard InChI is InChI=1S/C13H15Cl2NO/c1-11-6-2-3-7-12(11)17-9-5-4-8-13(14,15)10-16/h2-3,6-7H,4-5,8-9H2,1H3. The molecule has 0 bridgehead atoms. The average molecular weight is 272 g/mol. The van der Waals surface area contributed by atoms with E-state index < -0.39 is 4.33 Å². The minimum absolute atomic E-state index is 0.462. The van der Waals surface area contributed by atoms with Crippen molar-refractivity contribution in [1.29, 1.82) is 5.26 Å². The number of halogens is 2. The zero-order valence-corrected chi connectivity index (χ0v) is 11.3. The van der Waals surface area contributed by atoms with E-state index in [0.29, 0.717) is 13.0 Å². The number of nitrogens with zero attached hydrogens (tertiary/aromatic N) is 1. The van der Waals surface area contributed by atoms with E-state index >= 15 is 0 Å². The van der Waals surface area contributed by atoms with Crippen molar-refractivity contribution in [3.8, 4) is 11.8 Å². The number of alkyl halides is 2. The van der Waals surface area contributed by atoms with Gasteiger partial charge in [0.05, 0.1) is 6.61 Å². The predicted octanol–water partition coefficient (Wildman–Crippen LogP) is 4.24. The van der Waals surface area contributed by atoms with Gasteiger partial charge in [-0.3, -0.25) is 0 Å². The summed E-state index contributed by atoms with van der Waals surface area (Å²) in [6.45, 7) is 2.62. The molecule has 0 saturated carbocycles. The second-order valence-corrected chi connectivity index (χ2v) is 5.37. The van der Waals surface area contributed by atoms with Crippen LogP contribution in [0.2, 0.25) is 0 Å². The lowest BCUT2D eigenvalue weighted by Gasteiger charge is -2.11. The van der Waals surface area contributed by atoms with Crippen molar-refractivity contribution >= 4 is 23.2 Å². The first kappa shape index (κ1) is 14.2. The van der Waals surface area contributed by atoms with E-state index in [-0.39, 0.29) is 0 Å². The van der Waals surface area contributed by atoms with Crippen LogP contribution in [0, 0.1) is 18.3 Å². The maximum Gasteiger partial charge on any atom is 0.203 e. The Morgan fingerprint density at radius 1 is 1.29 bits per heavy atom. The third-order valence-corrected chi connectivity index (χ3v) is 2.95. The number of para-hydroxylation sites is 1. The summed E-state index contributed by atoms with van der Waals surface area (Å²) in [6.07, 6.45) is 2.06. The zero-order valence-electron chi connectivity index (χ0n) is 9.75. The normalized spacial score (nSPS) is 10.9.